The summed E-state index contributed by atoms with van der Waals surface area (Å²) in [7, 11) is -8.85. The summed E-state index contributed by atoms with van der Waals surface area (Å²) < 4.78 is 37.6. The largest absolute Gasteiger partial charge is 0.505 e. The molecule has 13 heteroatoms. The summed E-state index contributed by atoms with van der Waals surface area (Å²) in [5, 5.41) is 8.18. The van der Waals surface area contributed by atoms with Crippen LogP contribution < -0.4 is 0 Å². The summed E-state index contributed by atoms with van der Waals surface area (Å²) in [4.78, 5) is 30.3. The van der Waals surface area contributed by atoms with Crippen LogP contribution >= 0.6 is 38.6 Å². The lowest BCUT2D eigenvalue weighted by atomic mass is 10.2. The molecule has 0 bridgehead atoms. The first-order valence-electron chi connectivity index (χ1n) is 8.40. The summed E-state index contributed by atoms with van der Waals surface area (Å²) >= 11 is 6.54. The lowest BCUT2D eigenvalue weighted by Crippen LogP contribution is -2.20. The van der Waals surface area contributed by atoms with Crippen molar-refractivity contribution in [3.63, 3.8) is 0 Å². The Labute approximate surface area is 182 Å². The molecule has 0 amide bonds. The van der Waals surface area contributed by atoms with Crippen molar-refractivity contribution in [2.75, 3.05) is 6.61 Å². The molecular weight excluding hydrogens is 478 g/mol. The predicted octanol–water partition coefficient (Wildman–Crippen LogP) is 5.53. The molecule has 1 saturated heterocycles. The molecule has 0 spiro atoms. The third-order valence-corrected chi connectivity index (χ3v) is 10.5. The van der Waals surface area contributed by atoms with Crippen LogP contribution in [0.2, 0.25) is 5.02 Å². The average Bonchev–Trinajstić information content (AvgIpc) is 2.66. The van der Waals surface area contributed by atoms with Gasteiger partial charge in [0.05, 0.1) is 6.61 Å². The number of hydrogen-bond acceptors (Lipinski definition) is 7. The van der Waals surface area contributed by atoms with Crippen molar-refractivity contribution in [1.82, 2.24) is 0 Å². The van der Waals surface area contributed by atoms with Crippen LogP contribution in [-0.4, -0.2) is 32.4 Å². The molecule has 1 aliphatic heterocycles. The van der Waals surface area contributed by atoms with E-state index in [0.29, 0.717) is 15.5 Å². The van der Waals surface area contributed by atoms with E-state index in [9.17, 15) is 23.7 Å². The van der Waals surface area contributed by atoms with E-state index < -0.39 is 32.4 Å². The molecule has 2 unspecified atom stereocenters. The Morgan fingerprint density at radius 2 is 1.60 bits per heavy atom. The van der Waals surface area contributed by atoms with Crippen molar-refractivity contribution >= 4 is 44.7 Å². The van der Waals surface area contributed by atoms with Crippen molar-refractivity contribution in [1.29, 1.82) is 0 Å². The first kappa shape index (κ1) is 24.9. The summed E-state index contributed by atoms with van der Waals surface area (Å²) in [6, 6.07) is 14.5. The second-order valence-corrected chi connectivity index (χ2v) is 12.1. The van der Waals surface area contributed by atoms with Gasteiger partial charge >= 0.3 is 21.3 Å². The molecular formula is C17H19ClO9P2S. The number of ether oxygens (including phenoxy) is 1. The Kier molecular flexibility index (Phi) is 8.97. The zero-order valence-corrected chi connectivity index (χ0v) is 18.9. The second-order valence-electron chi connectivity index (χ2n) is 5.68. The van der Waals surface area contributed by atoms with Crippen LogP contribution in [0.4, 0.5) is 4.79 Å². The number of carbonyl (C=O) groups is 1. The predicted molar refractivity (Wildman–Crippen MR) is 112 cm³/mol. The van der Waals surface area contributed by atoms with E-state index in [1.165, 1.54) is 0 Å². The minimum absolute atomic E-state index is 0.231. The normalized spacial score (nSPS) is 28.1. The van der Waals surface area contributed by atoms with Crippen molar-refractivity contribution in [3.05, 3.63) is 65.2 Å². The molecule has 2 atom stereocenters. The van der Waals surface area contributed by atoms with Gasteiger partial charge in [0, 0.05) is 15.5 Å². The fourth-order valence-corrected chi connectivity index (χ4v) is 7.92. The second kappa shape index (κ2) is 10.8. The van der Waals surface area contributed by atoms with Gasteiger partial charge in [0.1, 0.15) is 0 Å². The van der Waals surface area contributed by atoms with Gasteiger partial charge in [-0.05, 0) is 31.2 Å². The fourth-order valence-electron chi connectivity index (χ4n) is 2.21. The number of benzene rings is 2. The first-order chi connectivity index (χ1) is 14.0. The van der Waals surface area contributed by atoms with Crippen molar-refractivity contribution in [2.45, 2.75) is 22.8 Å². The van der Waals surface area contributed by atoms with E-state index in [-0.39, 0.29) is 6.61 Å². The topological polar surface area (TPSA) is 140 Å². The highest BCUT2D eigenvalue weighted by atomic mass is 35.5. The molecule has 30 heavy (non-hydrogen) atoms. The highest BCUT2D eigenvalue weighted by molar-refractivity contribution is 8.12. The highest BCUT2D eigenvalue weighted by Gasteiger charge is 2.55. The van der Waals surface area contributed by atoms with Gasteiger partial charge in [-0.2, -0.15) is 0 Å². The van der Waals surface area contributed by atoms with Gasteiger partial charge in [0.15, 0.2) is 0 Å². The monoisotopic (exact) mass is 496 g/mol. The number of rotatable bonds is 4. The molecule has 0 saturated carbocycles. The van der Waals surface area contributed by atoms with Crippen LogP contribution in [0, 0.1) is 0 Å². The summed E-state index contributed by atoms with van der Waals surface area (Å²) in [5.74, 6) is 0. The number of thioether (sulfide) groups is 1. The lowest BCUT2D eigenvalue weighted by molar-refractivity contribution is -0.0216. The van der Waals surface area contributed by atoms with E-state index in [1.807, 2.05) is 0 Å². The van der Waals surface area contributed by atoms with Crippen LogP contribution in [0.3, 0.4) is 0 Å². The Balaban J connectivity index is 0.000000469. The fraction of sp³-hybridized carbons (Fsp3) is 0.235. The third-order valence-electron chi connectivity index (χ3n) is 3.45. The minimum Gasteiger partial charge on any atom is -0.450 e. The Hall–Kier alpha value is -1.35. The van der Waals surface area contributed by atoms with Gasteiger partial charge in [0.2, 0.25) is 11.0 Å². The van der Waals surface area contributed by atoms with Gasteiger partial charge in [-0.15, -0.1) is 0 Å². The van der Waals surface area contributed by atoms with Crippen LogP contribution in [0.1, 0.15) is 18.8 Å². The Bertz CT molecular complexity index is 916. The lowest BCUT2D eigenvalue weighted by Gasteiger charge is -2.35. The average molecular weight is 497 g/mol. The van der Waals surface area contributed by atoms with E-state index in [0.717, 1.165) is 11.8 Å². The van der Waals surface area contributed by atoms with Crippen molar-refractivity contribution in [2.24, 2.45) is 0 Å². The number of hydrogen-bond donors (Lipinski definition) is 3. The number of halogens is 1. The maximum atomic E-state index is 12.5. The molecule has 0 aliphatic carbocycles. The molecule has 2 aromatic carbocycles. The molecule has 1 fully saturated rings. The van der Waals surface area contributed by atoms with Gasteiger partial charge in [0.25, 0.3) is 0 Å². The molecule has 2 aromatic rings. The summed E-state index contributed by atoms with van der Waals surface area (Å²) in [6.45, 7) is 1.85. The maximum Gasteiger partial charge on any atom is 0.505 e. The van der Waals surface area contributed by atoms with E-state index in [2.05, 4.69) is 4.74 Å². The minimum atomic E-state index is -4.43. The quantitative estimate of drug-likeness (QED) is 0.365. The molecule has 9 nitrogen and oxygen atoms in total. The zero-order chi connectivity index (χ0) is 22.4. The molecule has 164 valence electrons. The first-order valence-corrected chi connectivity index (χ1v) is 12.9. The SMILES string of the molecule is CCOC(=O)O.O=P1(O)OC(c2ccccc2)OP(=O)(O)C1Sc1ccc(Cl)cc1. The van der Waals surface area contributed by atoms with Crippen LogP contribution in [0.25, 0.3) is 0 Å². The highest BCUT2D eigenvalue weighted by Crippen LogP contribution is 2.76. The van der Waals surface area contributed by atoms with Crippen LogP contribution in [-0.2, 0) is 22.9 Å². The smallest absolute Gasteiger partial charge is 0.450 e. The maximum absolute atomic E-state index is 12.5. The molecule has 1 aliphatic rings. The molecule has 0 radical (unpaired) electrons. The molecule has 1 heterocycles. The van der Waals surface area contributed by atoms with E-state index in [1.54, 1.807) is 61.5 Å². The van der Waals surface area contributed by atoms with E-state index in [4.69, 9.17) is 25.8 Å². The van der Waals surface area contributed by atoms with Gasteiger partial charge in [-0.3, -0.25) is 18.2 Å². The van der Waals surface area contributed by atoms with Gasteiger partial charge < -0.3 is 19.6 Å². The van der Waals surface area contributed by atoms with Crippen molar-refractivity contribution in [3.8, 4) is 0 Å². The van der Waals surface area contributed by atoms with Crippen molar-refractivity contribution < 1.29 is 42.6 Å². The van der Waals surface area contributed by atoms with Crippen LogP contribution in [0.5, 0.6) is 0 Å². The Morgan fingerprint density at radius 3 is 2.03 bits per heavy atom. The zero-order valence-electron chi connectivity index (χ0n) is 15.5. The number of carboxylic acid groups (broad SMARTS) is 1. The third kappa shape index (κ3) is 7.11. The summed E-state index contributed by atoms with van der Waals surface area (Å²) in [5.41, 5.74) is 0.385. The Morgan fingerprint density at radius 1 is 1.07 bits per heavy atom. The van der Waals surface area contributed by atoms with E-state index >= 15 is 0 Å². The van der Waals surface area contributed by atoms with Gasteiger partial charge in [-0.1, -0.05) is 53.7 Å². The molecule has 3 N–H and O–H groups in total. The summed E-state index contributed by atoms with van der Waals surface area (Å²) in [6.07, 6.45) is -2.59. The molecule has 0 aromatic heterocycles. The standard InChI is InChI=1S/C14H13ClO6P2S.C3H6O3/c15-11-6-8-12(9-7-11)24-14-22(16,17)20-13(21-23(14,18)19)10-4-2-1-3-5-10;1-2-6-3(4)5/h1-9,13-14H,(H,16,17)(H,18,19);2H2,1H3,(H,4,5). The van der Waals surface area contributed by atoms with Gasteiger partial charge in [-0.25, -0.2) is 4.79 Å². The molecule has 3 rings (SSSR count). The van der Waals surface area contributed by atoms with Crippen LogP contribution in [0.15, 0.2) is 59.5 Å².